The maximum Gasteiger partial charge on any atom is 0.307 e. The fraction of sp³-hybridized carbons (Fsp3) is 0.200. The smallest absolute Gasteiger partial charge is 0.140 e. The summed E-state index contributed by atoms with van der Waals surface area (Å²) >= 11 is 11.9. The van der Waals surface area contributed by atoms with E-state index in [1.807, 2.05) is 25.1 Å². The topological polar surface area (TPSA) is 0 Å². The van der Waals surface area contributed by atoms with Gasteiger partial charge in [0.1, 0.15) is 0 Å². The Morgan fingerprint density at radius 3 is 2.64 bits per heavy atom. The molecule has 0 amide bonds. The molecule has 0 saturated carbocycles. The quantitative estimate of drug-likeness (QED) is 0.575. The highest BCUT2D eigenvalue weighted by molar-refractivity contribution is 7.39. The molecule has 14 heavy (non-hydrogen) atoms. The van der Waals surface area contributed by atoms with E-state index in [0.29, 0.717) is 0 Å². The molecule has 0 N–H and O–H groups in total. The Morgan fingerprint density at radius 1 is 1.43 bits per heavy atom. The van der Waals surface area contributed by atoms with Crippen LogP contribution in [0.5, 0.6) is 0 Å². The number of allylic oxidation sites excluding steroid dienone is 1. The predicted octanol–water partition coefficient (Wildman–Crippen LogP) is 2.60. The van der Waals surface area contributed by atoms with Crippen LogP contribution in [-0.2, 0) is 6.04 Å². The lowest BCUT2D eigenvalue weighted by molar-refractivity contribution is 1.40. The molecule has 0 aliphatic carbocycles. The SMILES string of the molecule is C=C(C)[Si]Cc1ccccc1[Si](Cl)Cl. The highest BCUT2D eigenvalue weighted by Crippen LogP contribution is 2.05. The van der Waals surface area contributed by atoms with Gasteiger partial charge in [-0.3, -0.25) is 0 Å². The van der Waals surface area contributed by atoms with Crippen LogP contribution >= 0.6 is 22.2 Å². The third-order valence-corrected chi connectivity index (χ3v) is 5.08. The maximum atomic E-state index is 5.97. The number of benzene rings is 1. The highest BCUT2D eigenvalue weighted by Gasteiger charge is 2.11. The normalized spacial score (nSPS) is 10.6. The second-order valence-corrected chi connectivity index (χ2v) is 8.52. The molecule has 0 aromatic heterocycles. The summed E-state index contributed by atoms with van der Waals surface area (Å²) in [5, 5.41) is 2.34. The van der Waals surface area contributed by atoms with Crippen molar-refractivity contribution in [3.8, 4) is 0 Å². The summed E-state index contributed by atoms with van der Waals surface area (Å²) in [6.45, 7) is 5.95. The van der Waals surface area contributed by atoms with Crippen molar-refractivity contribution in [3.05, 3.63) is 41.6 Å². The number of rotatable bonds is 4. The van der Waals surface area contributed by atoms with Gasteiger partial charge in [-0.2, -0.15) is 0 Å². The first-order valence-corrected chi connectivity index (χ1v) is 9.00. The monoisotopic (exact) mass is 257 g/mol. The summed E-state index contributed by atoms with van der Waals surface area (Å²) in [5.41, 5.74) is 1.27. The van der Waals surface area contributed by atoms with Crippen molar-refractivity contribution in [1.29, 1.82) is 0 Å². The van der Waals surface area contributed by atoms with Gasteiger partial charge in [-0.25, -0.2) is 0 Å². The molecule has 0 bridgehead atoms. The molecule has 1 rings (SSSR count). The Balaban J connectivity index is 2.79. The van der Waals surface area contributed by atoms with E-state index >= 15 is 0 Å². The van der Waals surface area contributed by atoms with Crippen molar-refractivity contribution in [3.63, 3.8) is 0 Å². The van der Waals surface area contributed by atoms with Gasteiger partial charge in [0.2, 0.25) is 0 Å². The average Bonchev–Trinajstić information content (AvgIpc) is 2.15. The van der Waals surface area contributed by atoms with Crippen molar-refractivity contribution < 1.29 is 0 Å². The van der Waals surface area contributed by atoms with Gasteiger partial charge in [0.25, 0.3) is 0 Å². The predicted molar refractivity (Wildman–Crippen MR) is 67.8 cm³/mol. The molecule has 0 spiro atoms. The largest absolute Gasteiger partial charge is 0.307 e. The van der Waals surface area contributed by atoms with E-state index in [9.17, 15) is 0 Å². The molecule has 1 aromatic carbocycles. The fourth-order valence-electron chi connectivity index (χ4n) is 1.10. The zero-order valence-electron chi connectivity index (χ0n) is 7.98. The van der Waals surface area contributed by atoms with Crippen LogP contribution in [0.2, 0.25) is 0 Å². The lowest BCUT2D eigenvalue weighted by atomic mass is 10.2. The molecule has 0 aliphatic heterocycles. The summed E-state index contributed by atoms with van der Waals surface area (Å²) in [6, 6.07) is 9.14. The summed E-state index contributed by atoms with van der Waals surface area (Å²) in [4.78, 5) is 0. The molecule has 4 heteroatoms. The number of halogens is 2. The lowest BCUT2D eigenvalue weighted by Crippen LogP contribution is -2.24. The van der Waals surface area contributed by atoms with Gasteiger partial charge in [-0.1, -0.05) is 29.5 Å². The van der Waals surface area contributed by atoms with Crippen molar-refractivity contribution in [2.24, 2.45) is 0 Å². The molecule has 3 radical (unpaired) electrons. The molecule has 1 aromatic rings. The van der Waals surface area contributed by atoms with E-state index in [-0.39, 0.29) is 0 Å². The van der Waals surface area contributed by atoms with Crippen LogP contribution in [0.25, 0.3) is 0 Å². The third-order valence-electron chi connectivity index (χ3n) is 1.80. The summed E-state index contributed by atoms with van der Waals surface area (Å²) < 4.78 is 0. The van der Waals surface area contributed by atoms with E-state index < -0.39 is 7.42 Å². The van der Waals surface area contributed by atoms with Crippen LogP contribution in [0.15, 0.2) is 36.0 Å². The molecule has 0 heterocycles. The maximum absolute atomic E-state index is 5.97. The van der Waals surface area contributed by atoms with Gasteiger partial charge < -0.3 is 0 Å². The first-order chi connectivity index (χ1) is 6.61. The lowest BCUT2D eigenvalue weighted by Gasteiger charge is -2.07. The first-order valence-electron chi connectivity index (χ1n) is 4.27. The average molecular weight is 258 g/mol. The van der Waals surface area contributed by atoms with Crippen LogP contribution in [-0.4, -0.2) is 16.9 Å². The second kappa shape index (κ2) is 5.76. The van der Waals surface area contributed by atoms with E-state index in [1.165, 1.54) is 10.8 Å². The van der Waals surface area contributed by atoms with Crippen molar-refractivity contribution in [1.82, 2.24) is 0 Å². The molecule has 0 unspecified atom stereocenters. The van der Waals surface area contributed by atoms with Crippen LogP contribution in [0.3, 0.4) is 0 Å². The van der Waals surface area contributed by atoms with Gasteiger partial charge in [0, 0.05) is 0 Å². The number of hydrogen-bond donors (Lipinski definition) is 0. The molecule has 0 nitrogen and oxygen atoms in total. The minimum absolute atomic E-state index is 0.760. The Bertz CT molecular complexity index is 324. The third kappa shape index (κ3) is 3.61. The van der Waals surface area contributed by atoms with Crippen molar-refractivity contribution in [2.75, 3.05) is 0 Å². The molecule has 0 fully saturated rings. The molecule has 0 saturated heterocycles. The fourth-order valence-corrected chi connectivity index (χ4v) is 3.83. The second-order valence-electron chi connectivity index (χ2n) is 3.05. The Morgan fingerprint density at radius 2 is 2.07 bits per heavy atom. The minimum Gasteiger partial charge on any atom is -0.140 e. The zero-order valence-corrected chi connectivity index (χ0v) is 11.5. The zero-order chi connectivity index (χ0) is 10.6. The molecular formula is C10H11Cl2Si2. The minimum atomic E-state index is -1.37. The van der Waals surface area contributed by atoms with Crippen LogP contribution in [0.4, 0.5) is 0 Å². The number of hydrogen-bond acceptors (Lipinski definition) is 0. The summed E-state index contributed by atoms with van der Waals surface area (Å²) in [6.07, 6.45) is 0. The molecular weight excluding hydrogens is 247 g/mol. The van der Waals surface area contributed by atoms with Crippen LogP contribution < -0.4 is 5.19 Å². The van der Waals surface area contributed by atoms with Gasteiger partial charge in [-0.05, 0) is 23.7 Å². The van der Waals surface area contributed by atoms with Crippen molar-refractivity contribution >= 4 is 44.3 Å². The standard InChI is InChI=1S/C10H11Cl2Si2/c1-8(2)13-7-9-5-3-4-6-10(9)14(11)12/h3-6H,1,7H2,2H3. The van der Waals surface area contributed by atoms with E-state index in [0.717, 1.165) is 20.8 Å². The summed E-state index contributed by atoms with van der Waals surface area (Å²) in [7, 11) is -0.610. The molecule has 0 aliphatic rings. The highest BCUT2D eigenvalue weighted by atomic mass is 35.7. The molecule has 0 atom stereocenters. The first kappa shape index (κ1) is 12.0. The Kier molecular flexibility index (Phi) is 4.95. The van der Waals surface area contributed by atoms with E-state index in [2.05, 4.69) is 12.6 Å². The van der Waals surface area contributed by atoms with Crippen molar-refractivity contribution in [2.45, 2.75) is 13.0 Å². The Hall–Kier alpha value is -0.0262. The van der Waals surface area contributed by atoms with E-state index in [1.54, 1.807) is 0 Å². The van der Waals surface area contributed by atoms with E-state index in [4.69, 9.17) is 22.2 Å². The summed E-state index contributed by atoms with van der Waals surface area (Å²) in [5.74, 6) is 0. The van der Waals surface area contributed by atoms with Gasteiger partial charge in [-0.15, -0.1) is 28.7 Å². The molecule has 73 valence electrons. The van der Waals surface area contributed by atoms with Gasteiger partial charge in [0.05, 0.1) is 9.52 Å². The van der Waals surface area contributed by atoms with Crippen LogP contribution in [0.1, 0.15) is 12.5 Å². The Labute approximate surface area is 98.8 Å². The van der Waals surface area contributed by atoms with Gasteiger partial charge in [0.15, 0.2) is 0 Å². The van der Waals surface area contributed by atoms with Gasteiger partial charge >= 0.3 is 7.42 Å². The van der Waals surface area contributed by atoms with Crippen LogP contribution in [0, 0.1) is 0 Å².